The van der Waals surface area contributed by atoms with E-state index in [0.717, 1.165) is 37.8 Å². The summed E-state index contributed by atoms with van der Waals surface area (Å²) in [6.45, 7) is 5.29. The Labute approximate surface area is 104 Å². The van der Waals surface area contributed by atoms with Crippen LogP contribution in [-0.4, -0.2) is 55.6 Å². The second-order valence-corrected chi connectivity index (χ2v) is 5.82. The van der Waals surface area contributed by atoms with Crippen molar-refractivity contribution in [2.24, 2.45) is 11.8 Å². The van der Waals surface area contributed by atoms with Crippen LogP contribution in [0.15, 0.2) is 0 Å². The zero-order valence-electron chi connectivity index (χ0n) is 11.3. The second-order valence-electron chi connectivity index (χ2n) is 5.82. The number of nitrogens with one attached hydrogen (secondary N) is 1. The van der Waals surface area contributed by atoms with Crippen molar-refractivity contribution < 1.29 is 4.79 Å². The van der Waals surface area contributed by atoms with Crippen molar-refractivity contribution in [2.45, 2.75) is 32.2 Å². The first kappa shape index (κ1) is 12.7. The number of nitrogens with zero attached hydrogens (tertiary/aromatic N) is 2. The Bertz CT molecular complexity index is 272. The predicted octanol–water partition coefficient (Wildman–Crippen LogP) is 1.38. The molecule has 1 aliphatic carbocycles. The van der Waals surface area contributed by atoms with Gasteiger partial charge in [-0.15, -0.1) is 0 Å². The zero-order chi connectivity index (χ0) is 12.4. The molecule has 2 aliphatic rings. The molecule has 0 aromatic heterocycles. The predicted molar refractivity (Wildman–Crippen MR) is 69.0 cm³/mol. The third-order valence-corrected chi connectivity index (χ3v) is 4.09. The average molecular weight is 239 g/mol. The first-order chi connectivity index (χ1) is 8.08. The summed E-state index contributed by atoms with van der Waals surface area (Å²) in [4.78, 5) is 15.4. The smallest absolute Gasteiger partial charge is 0.319 e. The van der Waals surface area contributed by atoms with Crippen LogP contribution in [0.5, 0.6) is 0 Å². The van der Waals surface area contributed by atoms with Crippen LogP contribution >= 0.6 is 0 Å². The van der Waals surface area contributed by atoms with E-state index in [1.165, 1.54) is 13.0 Å². The van der Waals surface area contributed by atoms with Crippen LogP contribution in [-0.2, 0) is 0 Å². The van der Waals surface area contributed by atoms with Gasteiger partial charge in [0, 0.05) is 33.2 Å². The van der Waals surface area contributed by atoms with Gasteiger partial charge in [-0.05, 0) is 37.6 Å². The molecule has 1 saturated carbocycles. The van der Waals surface area contributed by atoms with E-state index < -0.39 is 0 Å². The topological polar surface area (TPSA) is 35.6 Å². The van der Waals surface area contributed by atoms with E-state index in [9.17, 15) is 4.79 Å². The third-order valence-electron chi connectivity index (χ3n) is 4.09. The lowest BCUT2D eigenvalue weighted by Crippen LogP contribution is -2.48. The fraction of sp³-hybridized carbons (Fsp3) is 0.923. The number of amides is 2. The highest BCUT2D eigenvalue weighted by atomic mass is 16.2. The summed E-state index contributed by atoms with van der Waals surface area (Å²) in [5.41, 5.74) is 0. The molecule has 1 aliphatic heterocycles. The number of rotatable bonds is 3. The Morgan fingerprint density at radius 3 is 2.41 bits per heavy atom. The van der Waals surface area contributed by atoms with Crippen molar-refractivity contribution in [3.8, 4) is 0 Å². The van der Waals surface area contributed by atoms with Crippen LogP contribution in [0.3, 0.4) is 0 Å². The molecule has 2 unspecified atom stereocenters. The van der Waals surface area contributed by atoms with Crippen molar-refractivity contribution >= 4 is 6.03 Å². The molecule has 4 nitrogen and oxygen atoms in total. The maximum atomic E-state index is 11.8. The molecule has 0 spiro atoms. The lowest BCUT2D eigenvalue weighted by atomic mass is 10.1. The molecule has 1 saturated heterocycles. The summed E-state index contributed by atoms with van der Waals surface area (Å²) in [5.74, 6) is 1.84. The molecule has 98 valence electrons. The van der Waals surface area contributed by atoms with Crippen molar-refractivity contribution in [1.82, 2.24) is 15.1 Å². The van der Waals surface area contributed by atoms with Crippen LogP contribution < -0.4 is 5.32 Å². The Morgan fingerprint density at radius 2 is 1.94 bits per heavy atom. The molecule has 2 rings (SSSR count). The summed E-state index contributed by atoms with van der Waals surface area (Å²) in [6, 6.07) is 0.772. The van der Waals surface area contributed by atoms with Gasteiger partial charge in [0.2, 0.25) is 0 Å². The highest BCUT2D eigenvalue weighted by molar-refractivity contribution is 5.73. The Kier molecular flexibility index (Phi) is 3.92. The lowest BCUT2D eigenvalue weighted by Gasteiger charge is -2.34. The van der Waals surface area contributed by atoms with Crippen LogP contribution in [0.2, 0.25) is 0 Å². The third kappa shape index (κ3) is 3.35. The van der Waals surface area contributed by atoms with Crippen molar-refractivity contribution in [3.63, 3.8) is 0 Å². The normalized spacial score (nSPS) is 29.2. The van der Waals surface area contributed by atoms with Crippen molar-refractivity contribution in [3.05, 3.63) is 0 Å². The number of likely N-dealkylation sites (tertiary alicyclic amines) is 1. The largest absolute Gasteiger partial charge is 0.331 e. The molecule has 2 fully saturated rings. The molecular formula is C13H25N3O. The maximum Gasteiger partial charge on any atom is 0.319 e. The van der Waals surface area contributed by atoms with E-state index in [-0.39, 0.29) is 6.03 Å². The molecule has 0 bridgehead atoms. The van der Waals surface area contributed by atoms with Gasteiger partial charge in [0.05, 0.1) is 0 Å². The maximum absolute atomic E-state index is 11.8. The van der Waals surface area contributed by atoms with Gasteiger partial charge in [0.1, 0.15) is 0 Å². The Morgan fingerprint density at radius 1 is 1.35 bits per heavy atom. The van der Waals surface area contributed by atoms with Gasteiger partial charge in [-0.25, -0.2) is 4.79 Å². The van der Waals surface area contributed by atoms with Gasteiger partial charge in [-0.1, -0.05) is 6.92 Å². The van der Waals surface area contributed by atoms with E-state index in [1.54, 1.807) is 4.90 Å². The SMILES string of the molecule is CC1CC1CNC1CCN(C(=O)N(C)C)CC1. The minimum atomic E-state index is 0.152. The van der Waals surface area contributed by atoms with Gasteiger partial charge in [0.25, 0.3) is 0 Å². The molecule has 17 heavy (non-hydrogen) atoms. The van der Waals surface area contributed by atoms with E-state index in [4.69, 9.17) is 0 Å². The van der Waals surface area contributed by atoms with E-state index >= 15 is 0 Å². The first-order valence-electron chi connectivity index (χ1n) is 6.77. The number of hydrogen-bond acceptors (Lipinski definition) is 2. The van der Waals surface area contributed by atoms with Gasteiger partial charge < -0.3 is 15.1 Å². The molecule has 0 radical (unpaired) electrons. The van der Waals surface area contributed by atoms with Crippen LogP contribution in [0.1, 0.15) is 26.2 Å². The fourth-order valence-corrected chi connectivity index (χ4v) is 2.56. The Balaban J connectivity index is 1.65. The Hall–Kier alpha value is -0.770. The second kappa shape index (κ2) is 5.25. The molecule has 0 aromatic carbocycles. The van der Waals surface area contributed by atoms with Gasteiger partial charge in [0.15, 0.2) is 0 Å². The van der Waals surface area contributed by atoms with Crippen molar-refractivity contribution in [1.29, 1.82) is 0 Å². The fourth-order valence-electron chi connectivity index (χ4n) is 2.56. The summed E-state index contributed by atoms with van der Waals surface area (Å²) in [5, 5.41) is 3.65. The molecule has 0 aromatic rings. The van der Waals surface area contributed by atoms with Crippen LogP contribution in [0.4, 0.5) is 4.79 Å². The minimum Gasteiger partial charge on any atom is -0.331 e. The van der Waals surface area contributed by atoms with Crippen molar-refractivity contribution in [2.75, 3.05) is 33.7 Å². The van der Waals surface area contributed by atoms with E-state index in [0.29, 0.717) is 6.04 Å². The number of hydrogen-bond donors (Lipinski definition) is 1. The quantitative estimate of drug-likeness (QED) is 0.807. The minimum absolute atomic E-state index is 0.152. The number of carbonyl (C=O) groups excluding carboxylic acids is 1. The molecule has 2 atom stereocenters. The van der Waals surface area contributed by atoms with Gasteiger partial charge >= 0.3 is 6.03 Å². The monoisotopic (exact) mass is 239 g/mol. The lowest BCUT2D eigenvalue weighted by molar-refractivity contribution is 0.152. The zero-order valence-corrected chi connectivity index (χ0v) is 11.3. The highest BCUT2D eigenvalue weighted by Gasteiger charge is 2.33. The first-order valence-corrected chi connectivity index (χ1v) is 6.77. The number of piperidine rings is 1. The molecule has 4 heteroatoms. The van der Waals surface area contributed by atoms with E-state index in [1.807, 2.05) is 19.0 Å². The standard InChI is InChI=1S/C13H25N3O/c1-10-8-11(10)9-14-12-4-6-16(7-5-12)13(17)15(2)3/h10-12,14H,4-9H2,1-3H3. The molecule has 1 N–H and O–H groups in total. The van der Waals surface area contributed by atoms with Gasteiger partial charge in [-0.3, -0.25) is 0 Å². The summed E-state index contributed by atoms with van der Waals surface area (Å²) in [6.07, 6.45) is 3.59. The molecule has 2 amide bonds. The van der Waals surface area contributed by atoms with Crippen LogP contribution in [0.25, 0.3) is 0 Å². The summed E-state index contributed by atoms with van der Waals surface area (Å²) < 4.78 is 0. The summed E-state index contributed by atoms with van der Waals surface area (Å²) in [7, 11) is 3.64. The van der Waals surface area contributed by atoms with Crippen LogP contribution in [0, 0.1) is 11.8 Å². The summed E-state index contributed by atoms with van der Waals surface area (Å²) >= 11 is 0. The molecule has 1 heterocycles. The van der Waals surface area contributed by atoms with E-state index in [2.05, 4.69) is 12.2 Å². The van der Waals surface area contributed by atoms with Gasteiger partial charge in [-0.2, -0.15) is 0 Å². The average Bonchev–Trinajstić information content (AvgIpc) is 3.02. The number of urea groups is 1. The highest BCUT2D eigenvalue weighted by Crippen LogP contribution is 2.36. The number of carbonyl (C=O) groups is 1. The molecular weight excluding hydrogens is 214 g/mol.